The topological polar surface area (TPSA) is 82.1 Å². The van der Waals surface area contributed by atoms with Crippen molar-refractivity contribution in [2.75, 3.05) is 26.3 Å². The molecule has 9 heteroatoms. The molecule has 0 bridgehead atoms. The molecule has 1 saturated heterocycles. The van der Waals surface area contributed by atoms with Crippen molar-refractivity contribution in [2.24, 2.45) is 0 Å². The van der Waals surface area contributed by atoms with Crippen molar-refractivity contribution in [1.82, 2.24) is 4.90 Å². The highest BCUT2D eigenvalue weighted by atomic mass is 79.9. The van der Waals surface area contributed by atoms with Gasteiger partial charge in [0, 0.05) is 11.0 Å². The molecule has 1 aliphatic heterocycles. The van der Waals surface area contributed by atoms with Crippen LogP contribution in [0.4, 0.5) is 4.79 Å². The third kappa shape index (κ3) is 7.40. The van der Waals surface area contributed by atoms with Crippen LogP contribution in [-0.2, 0) is 23.8 Å². The van der Waals surface area contributed by atoms with Crippen molar-refractivity contribution in [2.45, 2.75) is 50.2 Å². The van der Waals surface area contributed by atoms with E-state index >= 15 is 0 Å². The first-order valence-corrected chi connectivity index (χ1v) is 11.0. The molecule has 27 heavy (non-hydrogen) atoms. The second-order valence-electron chi connectivity index (χ2n) is 7.29. The molecule has 0 radical (unpaired) electrons. The van der Waals surface area contributed by atoms with E-state index in [1.165, 1.54) is 12.1 Å². The number of ether oxygens (including phenoxy) is 2. The molecule has 0 saturated carbocycles. The molecule has 0 spiro atoms. The molecule has 1 aromatic carbocycles. The van der Waals surface area contributed by atoms with E-state index in [9.17, 15) is 13.2 Å². The first kappa shape index (κ1) is 22.1. The predicted molar refractivity (Wildman–Crippen MR) is 104 cm³/mol. The number of rotatable bonds is 6. The third-order valence-corrected chi connectivity index (χ3v) is 5.66. The van der Waals surface area contributed by atoms with Gasteiger partial charge in [0.2, 0.25) is 0 Å². The number of amides is 1. The maximum absolute atomic E-state index is 12.1. The maximum Gasteiger partial charge on any atom is 0.410 e. The maximum atomic E-state index is 12.1. The van der Waals surface area contributed by atoms with E-state index in [4.69, 9.17) is 13.7 Å². The summed E-state index contributed by atoms with van der Waals surface area (Å²) in [4.78, 5) is 13.9. The van der Waals surface area contributed by atoms with Crippen LogP contribution < -0.4 is 0 Å². The summed E-state index contributed by atoms with van der Waals surface area (Å²) in [7, 11) is -3.77. The number of morpholine rings is 1. The zero-order valence-electron chi connectivity index (χ0n) is 15.8. The summed E-state index contributed by atoms with van der Waals surface area (Å²) in [6, 6.07) is 6.28. The zero-order valence-corrected chi connectivity index (χ0v) is 18.2. The standard InChI is InChI=1S/C18H26BrNO6S/c1-18(2,3)26-17(21)20-10-12-24-15(13-20)5-4-11-25-27(22,23)16-8-6-14(19)7-9-16/h6-9,15H,4-5,10-13H2,1-3H3. The lowest BCUT2D eigenvalue weighted by atomic mass is 10.1. The summed E-state index contributed by atoms with van der Waals surface area (Å²) in [6.07, 6.45) is 0.577. The van der Waals surface area contributed by atoms with Gasteiger partial charge in [0.15, 0.2) is 0 Å². The first-order valence-electron chi connectivity index (χ1n) is 8.81. The smallest absolute Gasteiger partial charge is 0.410 e. The summed E-state index contributed by atoms with van der Waals surface area (Å²) < 4.78 is 41.2. The van der Waals surface area contributed by atoms with Crippen molar-refractivity contribution in [3.63, 3.8) is 0 Å². The van der Waals surface area contributed by atoms with E-state index < -0.39 is 15.7 Å². The molecule has 1 atom stereocenters. The Balaban J connectivity index is 1.76. The SMILES string of the molecule is CC(C)(C)OC(=O)N1CCOC(CCCOS(=O)(=O)c2ccc(Br)cc2)C1. The van der Waals surface area contributed by atoms with Crippen molar-refractivity contribution < 1.29 is 26.9 Å². The lowest BCUT2D eigenvalue weighted by Crippen LogP contribution is -2.47. The molecule has 1 fully saturated rings. The fourth-order valence-corrected chi connectivity index (χ4v) is 3.74. The van der Waals surface area contributed by atoms with Gasteiger partial charge in [-0.2, -0.15) is 8.42 Å². The summed E-state index contributed by atoms with van der Waals surface area (Å²) in [5.74, 6) is 0. The highest BCUT2D eigenvalue weighted by molar-refractivity contribution is 9.10. The van der Waals surface area contributed by atoms with Crippen LogP contribution >= 0.6 is 15.9 Å². The monoisotopic (exact) mass is 463 g/mol. The summed E-state index contributed by atoms with van der Waals surface area (Å²) in [5.41, 5.74) is -0.542. The van der Waals surface area contributed by atoms with E-state index in [2.05, 4.69) is 15.9 Å². The normalized spacial score (nSPS) is 18.4. The van der Waals surface area contributed by atoms with Crippen LogP contribution in [0.2, 0.25) is 0 Å². The first-order chi connectivity index (χ1) is 12.6. The molecule has 1 unspecified atom stereocenters. The zero-order chi connectivity index (χ0) is 20.1. The van der Waals surface area contributed by atoms with E-state index in [1.54, 1.807) is 17.0 Å². The Morgan fingerprint density at radius 1 is 1.30 bits per heavy atom. The fourth-order valence-electron chi connectivity index (χ4n) is 2.54. The number of hydrogen-bond acceptors (Lipinski definition) is 6. The average molecular weight is 464 g/mol. The van der Waals surface area contributed by atoms with Crippen molar-refractivity contribution in [3.05, 3.63) is 28.7 Å². The van der Waals surface area contributed by atoms with Crippen LogP contribution in [0.25, 0.3) is 0 Å². The van der Waals surface area contributed by atoms with Crippen LogP contribution in [0.1, 0.15) is 33.6 Å². The minimum atomic E-state index is -3.77. The molecular formula is C18H26BrNO6S. The van der Waals surface area contributed by atoms with Gasteiger partial charge >= 0.3 is 6.09 Å². The summed E-state index contributed by atoms with van der Waals surface area (Å²) in [6.45, 7) is 6.88. The van der Waals surface area contributed by atoms with Gasteiger partial charge in [-0.15, -0.1) is 0 Å². The second kappa shape index (κ2) is 9.36. The number of benzene rings is 1. The molecule has 2 rings (SSSR count). The van der Waals surface area contributed by atoms with Gasteiger partial charge in [0.1, 0.15) is 5.60 Å². The number of halogens is 1. The van der Waals surface area contributed by atoms with Crippen LogP contribution in [0, 0.1) is 0 Å². The molecule has 0 aromatic heterocycles. The minimum Gasteiger partial charge on any atom is -0.444 e. The highest BCUT2D eigenvalue weighted by Crippen LogP contribution is 2.18. The number of nitrogens with zero attached hydrogens (tertiary/aromatic N) is 1. The Morgan fingerprint density at radius 3 is 2.59 bits per heavy atom. The molecular weight excluding hydrogens is 438 g/mol. The predicted octanol–water partition coefficient (Wildman–Crippen LogP) is 3.57. The molecule has 1 amide bonds. The minimum absolute atomic E-state index is 0.0602. The summed E-state index contributed by atoms with van der Waals surface area (Å²) >= 11 is 3.26. The number of carbonyl (C=O) groups excluding carboxylic acids is 1. The lowest BCUT2D eigenvalue weighted by molar-refractivity contribution is -0.0457. The van der Waals surface area contributed by atoms with Gasteiger partial charge in [-0.1, -0.05) is 15.9 Å². The van der Waals surface area contributed by atoms with E-state index in [1.807, 2.05) is 20.8 Å². The van der Waals surface area contributed by atoms with Crippen molar-refractivity contribution in [1.29, 1.82) is 0 Å². The van der Waals surface area contributed by atoms with E-state index in [-0.39, 0.29) is 23.7 Å². The van der Waals surface area contributed by atoms with Gasteiger partial charge in [-0.25, -0.2) is 4.79 Å². The molecule has 1 heterocycles. The molecule has 1 aliphatic rings. The number of hydrogen-bond donors (Lipinski definition) is 0. The van der Waals surface area contributed by atoms with E-state index in [0.29, 0.717) is 32.5 Å². The number of carbonyl (C=O) groups is 1. The quantitative estimate of drug-likeness (QED) is 0.473. The molecule has 1 aromatic rings. The van der Waals surface area contributed by atoms with Gasteiger partial charge < -0.3 is 14.4 Å². The lowest BCUT2D eigenvalue weighted by Gasteiger charge is -2.34. The second-order valence-corrected chi connectivity index (χ2v) is 9.82. The molecule has 152 valence electrons. The van der Waals surface area contributed by atoms with Crippen LogP contribution in [0.5, 0.6) is 0 Å². The van der Waals surface area contributed by atoms with Crippen LogP contribution in [-0.4, -0.2) is 57.4 Å². The Hall–Kier alpha value is -1.16. The highest BCUT2D eigenvalue weighted by Gasteiger charge is 2.28. The van der Waals surface area contributed by atoms with Gasteiger partial charge in [0.25, 0.3) is 10.1 Å². The molecule has 0 aliphatic carbocycles. The average Bonchev–Trinajstić information content (AvgIpc) is 2.58. The Morgan fingerprint density at radius 2 is 1.96 bits per heavy atom. The fraction of sp³-hybridized carbons (Fsp3) is 0.611. The van der Waals surface area contributed by atoms with E-state index in [0.717, 1.165) is 4.47 Å². The van der Waals surface area contributed by atoms with Gasteiger partial charge in [0.05, 0.1) is 30.8 Å². The Bertz CT molecular complexity index is 729. The van der Waals surface area contributed by atoms with Crippen molar-refractivity contribution >= 4 is 32.1 Å². The van der Waals surface area contributed by atoms with Crippen LogP contribution in [0.3, 0.4) is 0 Å². The largest absolute Gasteiger partial charge is 0.444 e. The third-order valence-electron chi connectivity index (χ3n) is 3.80. The molecule has 0 N–H and O–H groups in total. The van der Waals surface area contributed by atoms with Gasteiger partial charge in [-0.3, -0.25) is 4.18 Å². The molecule has 7 nitrogen and oxygen atoms in total. The van der Waals surface area contributed by atoms with Crippen molar-refractivity contribution in [3.8, 4) is 0 Å². The van der Waals surface area contributed by atoms with Gasteiger partial charge in [-0.05, 0) is 57.9 Å². The summed E-state index contributed by atoms with van der Waals surface area (Å²) in [5, 5.41) is 0. The van der Waals surface area contributed by atoms with Crippen LogP contribution in [0.15, 0.2) is 33.6 Å². The Kier molecular flexibility index (Phi) is 7.67. The Labute approximate surface area is 169 Å².